The van der Waals surface area contributed by atoms with Gasteiger partial charge in [0.2, 0.25) is 0 Å². The minimum absolute atomic E-state index is 0.0956. The van der Waals surface area contributed by atoms with E-state index >= 15 is 0 Å². The Morgan fingerprint density at radius 3 is 2.43 bits per heavy atom. The Kier molecular flexibility index (Phi) is 4.85. The lowest BCUT2D eigenvalue weighted by Crippen LogP contribution is -2.44. The molecule has 14 heavy (non-hydrogen) atoms. The van der Waals surface area contributed by atoms with Crippen molar-refractivity contribution in [3.05, 3.63) is 0 Å². The van der Waals surface area contributed by atoms with E-state index in [-0.39, 0.29) is 5.60 Å². The van der Waals surface area contributed by atoms with E-state index in [4.69, 9.17) is 15.2 Å². The molecule has 0 heterocycles. The first-order valence-electron chi connectivity index (χ1n) is 5.59. The van der Waals surface area contributed by atoms with Gasteiger partial charge in [0, 0.05) is 13.7 Å². The molecule has 2 N–H and O–H groups in total. The maximum atomic E-state index is 5.79. The van der Waals surface area contributed by atoms with Gasteiger partial charge >= 0.3 is 0 Å². The molecule has 0 bridgehead atoms. The number of hydrogen-bond donors (Lipinski definition) is 1. The van der Waals surface area contributed by atoms with Crippen LogP contribution in [0.4, 0.5) is 0 Å². The molecule has 0 aromatic heterocycles. The number of hydrogen-bond acceptors (Lipinski definition) is 3. The van der Waals surface area contributed by atoms with Gasteiger partial charge in [-0.1, -0.05) is 13.3 Å². The van der Waals surface area contributed by atoms with Crippen molar-refractivity contribution >= 4 is 0 Å². The number of methoxy groups -OCH3 is 1. The van der Waals surface area contributed by atoms with Gasteiger partial charge in [-0.3, -0.25) is 0 Å². The molecule has 3 nitrogen and oxygen atoms in total. The summed E-state index contributed by atoms with van der Waals surface area (Å²) in [5, 5.41) is 0. The fourth-order valence-electron chi connectivity index (χ4n) is 2.20. The molecule has 0 saturated heterocycles. The summed E-state index contributed by atoms with van der Waals surface area (Å²) in [6.07, 6.45) is 5.95. The summed E-state index contributed by atoms with van der Waals surface area (Å²) in [4.78, 5) is 0. The van der Waals surface area contributed by atoms with Crippen molar-refractivity contribution < 1.29 is 9.47 Å². The lowest BCUT2D eigenvalue weighted by Gasteiger charge is -2.38. The second-order valence-electron chi connectivity index (χ2n) is 4.29. The molecule has 1 aliphatic carbocycles. The minimum atomic E-state index is -0.0956. The molecule has 3 heteroatoms. The summed E-state index contributed by atoms with van der Waals surface area (Å²) < 4.78 is 10.7. The van der Waals surface area contributed by atoms with Crippen LogP contribution in [0.3, 0.4) is 0 Å². The van der Waals surface area contributed by atoms with Gasteiger partial charge < -0.3 is 15.2 Å². The van der Waals surface area contributed by atoms with Gasteiger partial charge in [-0.25, -0.2) is 0 Å². The molecule has 0 aliphatic heterocycles. The van der Waals surface area contributed by atoms with Crippen LogP contribution in [0, 0.1) is 5.92 Å². The molecule has 1 rings (SSSR count). The molecule has 0 unspecified atom stereocenters. The fraction of sp³-hybridized carbons (Fsp3) is 1.00. The predicted octanol–water partition coefficient (Wildman–Crippen LogP) is 1.90. The van der Waals surface area contributed by atoms with E-state index < -0.39 is 0 Å². The number of rotatable bonds is 5. The molecule has 1 saturated carbocycles. The average molecular weight is 201 g/mol. The molecule has 1 fully saturated rings. The highest BCUT2D eigenvalue weighted by Crippen LogP contribution is 2.35. The van der Waals surface area contributed by atoms with Crippen molar-refractivity contribution in [1.82, 2.24) is 0 Å². The zero-order valence-corrected chi connectivity index (χ0v) is 9.42. The second kappa shape index (κ2) is 5.69. The molecule has 0 radical (unpaired) electrons. The Balaban J connectivity index is 2.39. The third-order valence-corrected chi connectivity index (χ3v) is 3.45. The van der Waals surface area contributed by atoms with E-state index in [1.54, 1.807) is 7.11 Å². The lowest BCUT2D eigenvalue weighted by atomic mass is 9.78. The first-order chi connectivity index (χ1) is 6.76. The monoisotopic (exact) mass is 201 g/mol. The van der Waals surface area contributed by atoms with Gasteiger partial charge in [0.15, 0.2) is 0 Å². The largest absolute Gasteiger partial charge is 0.359 e. The smallest absolute Gasteiger partial charge is 0.147 e. The van der Waals surface area contributed by atoms with Crippen LogP contribution in [0.15, 0.2) is 0 Å². The molecular formula is C11H23NO2. The average Bonchev–Trinajstić information content (AvgIpc) is 2.27. The second-order valence-corrected chi connectivity index (χ2v) is 4.29. The van der Waals surface area contributed by atoms with Crippen molar-refractivity contribution in [2.24, 2.45) is 11.7 Å². The van der Waals surface area contributed by atoms with Crippen molar-refractivity contribution in [3.8, 4) is 0 Å². The normalized spacial score (nSPS) is 33.2. The van der Waals surface area contributed by atoms with Crippen molar-refractivity contribution in [1.29, 1.82) is 0 Å². The van der Waals surface area contributed by atoms with E-state index in [1.165, 1.54) is 19.3 Å². The molecule has 1 aliphatic rings. The van der Waals surface area contributed by atoms with E-state index in [0.717, 1.165) is 18.8 Å². The van der Waals surface area contributed by atoms with Gasteiger partial charge in [-0.15, -0.1) is 0 Å². The Morgan fingerprint density at radius 2 is 2.00 bits per heavy atom. The van der Waals surface area contributed by atoms with Crippen molar-refractivity contribution in [2.75, 3.05) is 20.4 Å². The van der Waals surface area contributed by atoms with Gasteiger partial charge in [0.1, 0.15) is 6.79 Å². The van der Waals surface area contributed by atoms with Crippen LogP contribution in [0.5, 0.6) is 0 Å². The molecule has 0 spiro atoms. The third kappa shape index (κ3) is 2.94. The van der Waals surface area contributed by atoms with Gasteiger partial charge in [0.25, 0.3) is 0 Å². The SMILES string of the molecule is CCC1CCC(CN)(OCOC)CC1. The topological polar surface area (TPSA) is 44.5 Å². The predicted molar refractivity (Wildman–Crippen MR) is 57.0 cm³/mol. The van der Waals surface area contributed by atoms with Gasteiger partial charge in [-0.05, 0) is 31.6 Å². The van der Waals surface area contributed by atoms with Crippen LogP contribution in [-0.4, -0.2) is 26.0 Å². The standard InChI is InChI=1S/C11H23NO2/c1-3-10-4-6-11(8-12,7-5-10)14-9-13-2/h10H,3-9,12H2,1-2H3. The molecule has 0 aromatic carbocycles. The van der Waals surface area contributed by atoms with E-state index in [2.05, 4.69) is 6.92 Å². The Morgan fingerprint density at radius 1 is 1.36 bits per heavy atom. The van der Waals surface area contributed by atoms with Gasteiger partial charge in [0.05, 0.1) is 5.60 Å². The van der Waals surface area contributed by atoms with E-state index in [9.17, 15) is 0 Å². The van der Waals surface area contributed by atoms with E-state index in [0.29, 0.717) is 13.3 Å². The number of ether oxygens (including phenoxy) is 2. The Bertz CT molecular complexity index is 153. The highest BCUT2D eigenvalue weighted by Gasteiger charge is 2.34. The Hall–Kier alpha value is -0.120. The quantitative estimate of drug-likeness (QED) is 0.691. The van der Waals surface area contributed by atoms with Gasteiger partial charge in [-0.2, -0.15) is 0 Å². The van der Waals surface area contributed by atoms with Crippen LogP contribution in [-0.2, 0) is 9.47 Å². The summed E-state index contributed by atoms with van der Waals surface area (Å²) in [6.45, 7) is 3.25. The highest BCUT2D eigenvalue weighted by atomic mass is 16.7. The summed E-state index contributed by atoms with van der Waals surface area (Å²) in [6, 6.07) is 0. The van der Waals surface area contributed by atoms with E-state index in [1.807, 2.05) is 0 Å². The van der Waals surface area contributed by atoms with Crippen molar-refractivity contribution in [3.63, 3.8) is 0 Å². The summed E-state index contributed by atoms with van der Waals surface area (Å²) in [7, 11) is 1.65. The summed E-state index contributed by atoms with van der Waals surface area (Å²) in [5.41, 5.74) is 5.69. The maximum Gasteiger partial charge on any atom is 0.147 e. The van der Waals surface area contributed by atoms with Crippen molar-refractivity contribution in [2.45, 2.75) is 44.6 Å². The molecule has 0 amide bonds. The first-order valence-corrected chi connectivity index (χ1v) is 5.59. The van der Waals surface area contributed by atoms with Crippen LogP contribution in [0.2, 0.25) is 0 Å². The Labute approximate surface area is 86.9 Å². The minimum Gasteiger partial charge on any atom is -0.359 e. The summed E-state index contributed by atoms with van der Waals surface area (Å²) >= 11 is 0. The summed E-state index contributed by atoms with van der Waals surface area (Å²) in [5.74, 6) is 0.876. The molecule has 84 valence electrons. The third-order valence-electron chi connectivity index (χ3n) is 3.45. The van der Waals surface area contributed by atoms with Crippen LogP contribution < -0.4 is 5.73 Å². The fourth-order valence-corrected chi connectivity index (χ4v) is 2.20. The molecular weight excluding hydrogens is 178 g/mol. The van der Waals surface area contributed by atoms with Crippen LogP contribution in [0.1, 0.15) is 39.0 Å². The van der Waals surface area contributed by atoms with Crippen LogP contribution in [0.25, 0.3) is 0 Å². The molecule has 0 aromatic rings. The highest BCUT2D eigenvalue weighted by molar-refractivity contribution is 4.87. The lowest BCUT2D eigenvalue weighted by molar-refractivity contribution is -0.144. The number of nitrogens with two attached hydrogens (primary N) is 1. The zero-order valence-electron chi connectivity index (χ0n) is 9.42. The first kappa shape index (κ1) is 12.0. The molecule has 0 atom stereocenters. The maximum absolute atomic E-state index is 5.79. The van der Waals surface area contributed by atoms with Crippen LogP contribution >= 0.6 is 0 Å². The zero-order chi connectivity index (χ0) is 10.4.